The Morgan fingerprint density at radius 3 is 2.00 bits per heavy atom. The van der Waals surface area contributed by atoms with E-state index in [1.807, 2.05) is 46.4 Å². The maximum absolute atomic E-state index is 12.1. The summed E-state index contributed by atoms with van der Waals surface area (Å²) < 4.78 is 5.42. The van der Waals surface area contributed by atoms with E-state index >= 15 is 0 Å². The number of aliphatic hydroxyl groups is 1. The predicted molar refractivity (Wildman–Crippen MR) is 102 cm³/mol. The first-order chi connectivity index (χ1) is 11.8. The molecule has 25 heavy (non-hydrogen) atoms. The van der Waals surface area contributed by atoms with Crippen LogP contribution < -0.4 is 0 Å². The van der Waals surface area contributed by atoms with Crippen LogP contribution in [0.1, 0.15) is 48.0 Å². The summed E-state index contributed by atoms with van der Waals surface area (Å²) in [5.74, 6) is 1.19. The minimum absolute atomic E-state index is 0.220. The van der Waals surface area contributed by atoms with Crippen molar-refractivity contribution in [1.29, 1.82) is 5.41 Å². The van der Waals surface area contributed by atoms with Gasteiger partial charge >= 0.3 is 6.09 Å². The summed E-state index contributed by atoms with van der Waals surface area (Å²) in [5.41, 5.74) is -0.447. The van der Waals surface area contributed by atoms with Crippen molar-refractivity contribution in [2.45, 2.75) is 53.6 Å². The van der Waals surface area contributed by atoms with E-state index < -0.39 is 5.60 Å². The van der Waals surface area contributed by atoms with Crippen LogP contribution in [0.2, 0.25) is 0 Å². The van der Waals surface area contributed by atoms with E-state index in [2.05, 4.69) is 4.99 Å². The Bertz CT molecular complexity index is 432. The van der Waals surface area contributed by atoms with Gasteiger partial charge in [-0.05, 0) is 27.2 Å². The number of hydrogen-bond acceptors (Lipinski definition) is 4. The molecule has 0 bridgehead atoms. The molecule has 2 heterocycles. The zero-order valence-corrected chi connectivity index (χ0v) is 16.9. The first-order valence-electron chi connectivity index (χ1n) is 9.09. The van der Waals surface area contributed by atoms with Crippen LogP contribution in [0, 0.1) is 17.2 Å². The lowest BCUT2D eigenvalue weighted by molar-refractivity contribution is 0.0278. The molecule has 0 spiro atoms. The number of aliphatic hydroxyl groups excluding tert-OH is 1. The van der Waals surface area contributed by atoms with Gasteiger partial charge in [-0.2, -0.15) is 0 Å². The van der Waals surface area contributed by atoms with Crippen LogP contribution >= 0.6 is 0 Å². The number of nitrogens with zero attached hydrogens (tertiary/aromatic N) is 3. The fraction of sp³-hybridized carbons (Fsp3) is 0.833. The molecule has 7 heteroatoms. The van der Waals surface area contributed by atoms with Gasteiger partial charge in [0.15, 0.2) is 0 Å². The van der Waals surface area contributed by atoms with Crippen molar-refractivity contribution in [1.82, 2.24) is 9.80 Å². The van der Waals surface area contributed by atoms with E-state index in [1.165, 1.54) is 0 Å². The van der Waals surface area contributed by atoms with Crippen LogP contribution in [0.25, 0.3) is 0 Å². The molecule has 0 aromatic heterocycles. The van der Waals surface area contributed by atoms with Crippen molar-refractivity contribution in [2.75, 3.05) is 33.3 Å². The topological polar surface area (TPSA) is 89.2 Å². The Morgan fingerprint density at radius 1 is 1.16 bits per heavy atom. The number of aliphatic imine (C=N–C) groups is 1. The standard InChI is InChI=1S/C15H26N4O2.C2H6.CH4O/c1-5-6-17-13(16)18-7-11-9-19(10-12(11)8-18)14(20)21-15(2,3)4;2*1-2/h6,11-12,16H,5,7-10H2,1-4H3;1-2H3;2H,1H3/b16-13?,17-6-;;. The highest BCUT2D eigenvalue weighted by molar-refractivity contribution is 5.85. The SMILES string of the molecule is CC.CC/C=N\C(=N)N1CC2CN(C(=O)OC(C)(C)C)CC2C1.CO. The van der Waals surface area contributed by atoms with Gasteiger partial charge in [-0.3, -0.25) is 5.41 Å². The number of guanidine groups is 1. The smallest absolute Gasteiger partial charge is 0.410 e. The summed E-state index contributed by atoms with van der Waals surface area (Å²) in [6, 6.07) is 0. The number of amides is 1. The molecule has 0 aliphatic carbocycles. The van der Waals surface area contributed by atoms with Crippen LogP contribution in [-0.4, -0.2) is 72.1 Å². The molecule has 0 aromatic carbocycles. The Hall–Kier alpha value is -1.63. The highest BCUT2D eigenvalue weighted by Gasteiger charge is 2.43. The number of carbonyl (C=O) groups is 1. The van der Waals surface area contributed by atoms with Crippen LogP contribution in [-0.2, 0) is 4.74 Å². The lowest BCUT2D eigenvalue weighted by Crippen LogP contribution is -2.38. The second kappa shape index (κ2) is 11.1. The number of nitrogens with one attached hydrogen (secondary N) is 1. The molecular weight excluding hydrogens is 320 g/mol. The second-order valence-corrected chi connectivity index (χ2v) is 6.85. The molecular formula is C18H36N4O3. The zero-order valence-electron chi connectivity index (χ0n) is 16.9. The van der Waals surface area contributed by atoms with Crippen LogP contribution in [0.5, 0.6) is 0 Å². The second-order valence-electron chi connectivity index (χ2n) is 6.85. The number of carbonyl (C=O) groups excluding carboxylic acids is 1. The molecule has 2 atom stereocenters. The Kier molecular flexibility index (Phi) is 10.4. The van der Waals surface area contributed by atoms with E-state index in [0.29, 0.717) is 17.8 Å². The van der Waals surface area contributed by atoms with Crippen LogP contribution in [0.3, 0.4) is 0 Å². The normalized spacial score (nSPS) is 21.9. The van der Waals surface area contributed by atoms with Crippen molar-refractivity contribution in [2.24, 2.45) is 16.8 Å². The van der Waals surface area contributed by atoms with Crippen molar-refractivity contribution in [3.05, 3.63) is 0 Å². The summed E-state index contributed by atoms with van der Waals surface area (Å²) >= 11 is 0. The number of hydrogen-bond donors (Lipinski definition) is 2. The third-order valence-corrected chi connectivity index (χ3v) is 3.83. The third-order valence-electron chi connectivity index (χ3n) is 3.83. The van der Waals surface area contributed by atoms with Gasteiger partial charge in [0.2, 0.25) is 5.96 Å². The van der Waals surface area contributed by atoms with E-state index in [4.69, 9.17) is 15.3 Å². The molecule has 0 radical (unpaired) electrons. The number of rotatable bonds is 1. The minimum Gasteiger partial charge on any atom is -0.444 e. The van der Waals surface area contributed by atoms with Crippen molar-refractivity contribution in [3.8, 4) is 0 Å². The molecule has 2 N–H and O–H groups in total. The van der Waals surface area contributed by atoms with E-state index in [9.17, 15) is 4.79 Å². The molecule has 146 valence electrons. The fourth-order valence-electron chi connectivity index (χ4n) is 2.90. The molecule has 7 nitrogen and oxygen atoms in total. The lowest BCUT2D eigenvalue weighted by atomic mass is 10.0. The van der Waals surface area contributed by atoms with Crippen LogP contribution in [0.15, 0.2) is 4.99 Å². The lowest BCUT2D eigenvalue weighted by Gasteiger charge is -2.26. The van der Waals surface area contributed by atoms with E-state index in [0.717, 1.165) is 39.7 Å². The Morgan fingerprint density at radius 2 is 1.60 bits per heavy atom. The Labute approximate surface area is 152 Å². The highest BCUT2D eigenvalue weighted by Crippen LogP contribution is 2.32. The maximum Gasteiger partial charge on any atom is 0.410 e. The molecule has 2 unspecified atom stereocenters. The minimum atomic E-state index is -0.447. The van der Waals surface area contributed by atoms with E-state index in [-0.39, 0.29) is 6.09 Å². The molecule has 1 amide bonds. The fourth-order valence-corrected chi connectivity index (χ4v) is 2.90. The highest BCUT2D eigenvalue weighted by atomic mass is 16.6. The van der Waals surface area contributed by atoms with Gasteiger partial charge in [0.1, 0.15) is 5.60 Å². The summed E-state index contributed by atoms with van der Waals surface area (Å²) in [4.78, 5) is 20.0. The Balaban J connectivity index is 0.00000134. The zero-order chi connectivity index (χ0) is 19.6. The average molecular weight is 357 g/mol. The van der Waals surface area contributed by atoms with E-state index in [1.54, 1.807) is 11.1 Å². The van der Waals surface area contributed by atoms with Crippen molar-refractivity contribution in [3.63, 3.8) is 0 Å². The monoisotopic (exact) mass is 356 g/mol. The number of ether oxygens (including phenoxy) is 1. The first-order valence-corrected chi connectivity index (χ1v) is 9.09. The van der Waals surface area contributed by atoms with Gasteiger partial charge in [-0.15, -0.1) is 0 Å². The molecule has 2 aliphatic rings. The van der Waals surface area contributed by atoms with Gasteiger partial charge in [-0.1, -0.05) is 20.8 Å². The molecule has 2 aliphatic heterocycles. The molecule has 2 rings (SSSR count). The molecule has 0 aromatic rings. The summed E-state index contributed by atoms with van der Waals surface area (Å²) in [5, 5.41) is 14.9. The average Bonchev–Trinajstić information content (AvgIpc) is 3.13. The molecule has 2 fully saturated rings. The summed E-state index contributed by atoms with van der Waals surface area (Å²) in [6.07, 6.45) is 2.39. The van der Waals surface area contributed by atoms with Crippen molar-refractivity contribution < 1.29 is 14.6 Å². The quantitative estimate of drug-likeness (QED) is 0.558. The van der Waals surface area contributed by atoms with Crippen molar-refractivity contribution >= 4 is 18.3 Å². The molecule has 2 saturated heterocycles. The van der Waals surface area contributed by atoms with Gasteiger partial charge in [0.25, 0.3) is 0 Å². The summed E-state index contributed by atoms with van der Waals surface area (Å²) in [6.45, 7) is 14.7. The summed E-state index contributed by atoms with van der Waals surface area (Å²) in [7, 11) is 1.00. The first kappa shape index (κ1) is 23.4. The number of likely N-dealkylation sites (tertiary alicyclic amines) is 2. The predicted octanol–water partition coefficient (Wildman–Crippen LogP) is 2.84. The largest absolute Gasteiger partial charge is 0.444 e. The number of fused-ring (bicyclic) bond motifs is 1. The molecule has 0 saturated carbocycles. The van der Waals surface area contributed by atoms with Crippen LogP contribution in [0.4, 0.5) is 4.79 Å². The van der Waals surface area contributed by atoms with Gasteiger partial charge in [-0.25, -0.2) is 9.79 Å². The van der Waals surface area contributed by atoms with Gasteiger partial charge in [0.05, 0.1) is 0 Å². The maximum atomic E-state index is 12.1. The third kappa shape index (κ3) is 7.42. The van der Waals surface area contributed by atoms with Gasteiger partial charge < -0.3 is 19.6 Å². The van der Waals surface area contributed by atoms with Gasteiger partial charge in [0, 0.05) is 51.3 Å².